The molecule has 2 atom stereocenters. The van der Waals surface area contributed by atoms with E-state index >= 15 is 0 Å². The summed E-state index contributed by atoms with van der Waals surface area (Å²) in [6.45, 7) is 5.92. The van der Waals surface area contributed by atoms with Crippen LogP contribution in [0.15, 0.2) is 24.3 Å². The summed E-state index contributed by atoms with van der Waals surface area (Å²) < 4.78 is 0. The molecule has 3 rings (SSSR count). The van der Waals surface area contributed by atoms with Crippen LogP contribution < -0.4 is 5.73 Å². The predicted octanol–water partition coefficient (Wildman–Crippen LogP) is 2.49. The van der Waals surface area contributed by atoms with Crippen LogP contribution in [0.4, 0.5) is 0 Å². The second kappa shape index (κ2) is 3.82. The van der Waals surface area contributed by atoms with Gasteiger partial charge in [-0.05, 0) is 50.8 Å². The third-order valence-corrected chi connectivity index (χ3v) is 4.62. The third-order valence-electron chi connectivity index (χ3n) is 4.62. The van der Waals surface area contributed by atoms with Crippen LogP contribution in [0.25, 0.3) is 0 Å². The Hall–Kier alpha value is -0.860. The van der Waals surface area contributed by atoms with Gasteiger partial charge in [0.15, 0.2) is 0 Å². The van der Waals surface area contributed by atoms with E-state index < -0.39 is 0 Å². The maximum atomic E-state index is 6.45. The molecule has 0 spiro atoms. The van der Waals surface area contributed by atoms with Crippen LogP contribution in [0.3, 0.4) is 0 Å². The molecule has 17 heavy (non-hydrogen) atoms. The maximum Gasteiger partial charge on any atom is 0.0459 e. The standard InChI is InChI=1S/C15H22N2/c1-15(2)8-5-9-17(15)13-10-11-6-3-4-7-12(11)14(13)16/h3-4,6-7,13-14H,5,8-10,16H2,1-2H3. The van der Waals surface area contributed by atoms with Crippen molar-refractivity contribution in [1.82, 2.24) is 4.90 Å². The normalized spacial score (nSPS) is 31.7. The summed E-state index contributed by atoms with van der Waals surface area (Å²) in [7, 11) is 0. The summed E-state index contributed by atoms with van der Waals surface area (Å²) in [4.78, 5) is 2.64. The minimum Gasteiger partial charge on any atom is -0.323 e. The molecule has 2 aliphatic rings. The Balaban J connectivity index is 1.89. The number of rotatable bonds is 1. The highest BCUT2D eigenvalue weighted by atomic mass is 15.3. The molecule has 2 heteroatoms. The first-order valence-corrected chi connectivity index (χ1v) is 6.70. The minimum atomic E-state index is 0.198. The molecular weight excluding hydrogens is 208 g/mol. The van der Waals surface area contributed by atoms with Crippen molar-refractivity contribution in [2.75, 3.05) is 6.54 Å². The highest BCUT2D eigenvalue weighted by molar-refractivity contribution is 5.37. The molecule has 1 aliphatic carbocycles. The van der Waals surface area contributed by atoms with Crippen molar-refractivity contribution in [3.8, 4) is 0 Å². The van der Waals surface area contributed by atoms with E-state index in [9.17, 15) is 0 Å². The zero-order chi connectivity index (χ0) is 12.0. The first kappa shape index (κ1) is 11.2. The topological polar surface area (TPSA) is 29.3 Å². The molecule has 2 unspecified atom stereocenters. The zero-order valence-electron chi connectivity index (χ0n) is 10.8. The second-order valence-corrected chi connectivity index (χ2v) is 6.11. The number of nitrogens with two attached hydrogens (primary N) is 1. The maximum absolute atomic E-state index is 6.45. The van der Waals surface area contributed by atoms with Crippen LogP contribution in [0.5, 0.6) is 0 Å². The third kappa shape index (κ3) is 1.71. The number of benzene rings is 1. The lowest BCUT2D eigenvalue weighted by Gasteiger charge is -2.38. The molecule has 1 heterocycles. The van der Waals surface area contributed by atoms with E-state index in [0.29, 0.717) is 11.6 Å². The Morgan fingerprint density at radius 1 is 1.29 bits per heavy atom. The van der Waals surface area contributed by atoms with E-state index in [-0.39, 0.29) is 6.04 Å². The molecule has 1 aliphatic heterocycles. The lowest BCUT2D eigenvalue weighted by molar-refractivity contribution is 0.105. The molecule has 0 saturated carbocycles. The van der Waals surface area contributed by atoms with Gasteiger partial charge in [-0.3, -0.25) is 4.90 Å². The average molecular weight is 230 g/mol. The lowest BCUT2D eigenvalue weighted by Crippen LogP contribution is -2.48. The highest BCUT2D eigenvalue weighted by Gasteiger charge is 2.42. The van der Waals surface area contributed by atoms with Crippen molar-refractivity contribution in [2.24, 2.45) is 5.73 Å². The molecule has 1 aromatic carbocycles. The van der Waals surface area contributed by atoms with Gasteiger partial charge in [0.1, 0.15) is 0 Å². The molecule has 2 N–H and O–H groups in total. The van der Waals surface area contributed by atoms with E-state index in [1.165, 1.54) is 30.5 Å². The van der Waals surface area contributed by atoms with Gasteiger partial charge in [0.25, 0.3) is 0 Å². The molecule has 1 fully saturated rings. The minimum absolute atomic E-state index is 0.198. The van der Waals surface area contributed by atoms with Crippen molar-refractivity contribution in [2.45, 2.75) is 50.7 Å². The van der Waals surface area contributed by atoms with Gasteiger partial charge in [-0.1, -0.05) is 24.3 Å². The molecule has 1 aromatic rings. The summed E-state index contributed by atoms with van der Waals surface area (Å²) in [6, 6.07) is 9.37. The van der Waals surface area contributed by atoms with Crippen LogP contribution in [0.2, 0.25) is 0 Å². The van der Waals surface area contributed by atoms with Gasteiger partial charge in [-0.25, -0.2) is 0 Å². The summed E-state index contributed by atoms with van der Waals surface area (Å²) >= 11 is 0. The van der Waals surface area contributed by atoms with Crippen molar-refractivity contribution in [3.63, 3.8) is 0 Å². The van der Waals surface area contributed by atoms with Gasteiger partial charge >= 0.3 is 0 Å². The largest absolute Gasteiger partial charge is 0.323 e. The SMILES string of the molecule is CC1(C)CCCN1C1Cc2ccccc2C1N. The van der Waals surface area contributed by atoms with Gasteiger partial charge in [-0.15, -0.1) is 0 Å². The van der Waals surface area contributed by atoms with E-state index in [4.69, 9.17) is 5.73 Å². The van der Waals surface area contributed by atoms with Crippen LogP contribution in [0, 0.1) is 0 Å². The Kier molecular flexibility index (Phi) is 2.53. The fourth-order valence-electron chi connectivity index (χ4n) is 3.65. The molecule has 0 aromatic heterocycles. The number of nitrogens with zero attached hydrogens (tertiary/aromatic N) is 1. The molecule has 0 radical (unpaired) electrons. The van der Waals surface area contributed by atoms with Crippen LogP contribution >= 0.6 is 0 Å². The Bertz CT molecular complexity index is 425. The zero-order valence-corrected chi connectivity index (χ0v) is 10.8. The Labute approximate surface area is 104 Å². The molecule has 0 bridgehead atoms. The predicted molar refractivity (Wildman–Crippen MR) is 70.9 cm³/mol. The molecule has 1 saturated heterocycles. The highest BCUT2D eigenvalue weighted by Crippen LogP contribution is 2.39. The van der Waals surface area contributed by atoms with Gasteiger partial charge in [0.2, 0.25) is 0 Å². The average Bonchev–Trinajstić information content (AvgIpc) is 2.80. The number of fused-ring (bicyclic) bond motifs is 1. The monoisotopic (exact) mass is 230 g/mol. The van der Waals surface area contributed by atoms with Crippen molar-refractivity contribution in [3.05, 3.63) is 35.4 Å². The molecular formula is C15H22N2. The van der Waals surface area contributed by atoms with E-state index in [2.05, 4.69) is 43.0 Å². The first-order chi connectivity index (χ1) is 8.09. The first-order valence-electron chi connectivity index (χ1n) is 6.70. The molecule has 92 valence electrons. The Morgan fingerprint density at radius 3 is 2.71 bits per heavy atom. The molecule has 0 amide bonds. The van der Waals surface area contributed by atoms with Crippen LogP contribution in [0.1, 0.15) is 43.9 Å². The lowest BCUT2D eigenvalue weighted by atomic mass is 9.98. The van der Waals surface area contributed by atoms with E-state index in [0.717, 1.165) is 6.42 Å². The van der Waals surface area contributed by atoms with Crippen molar-refractivity contribution < 1.29 is 0 Å². The fraction of sp³-hybridized carbons (Fsp3) is 0.600. The fourth-order valence-corrected chi connectivity index (χ4v) is 3.65. The smallest absolute Gasteiger partial charge is 0.0459 e. The van der Waals surface area contributed by atoms with Crippen LogP contribution in [-0.2, 0) is 6.42 Å². The number of hydrogen-bond acceptors (Lipinski definition) is 2. The second-order valence-electron chi connectivity index (χ2n) is 6.11. The summed E-state index contributed by atoms with van der Waals surface area (Å²) in [6.07, 6.45) is 3.74. The van der Waals surface area contributed by atoms with Gasteiger partial charge in [0.05, 0.1) is 0 Å². The number of hydrogen-bond donors (Lipinski definition) is 1. The van der Waals surface area contributed by atoms with Gasteiger partial charge in [-0.2, -0.15) is 0 Å². The Morgan fingerprint density at radius 2 is 2.06 bits per heavy atom. The summed E-state index contributed by atoms with van der Waals surface area (Å²) in [5.41, 5.74) is 9.59. The van der Waals surface area contributed by atoms with E-state index in [1.54, 1.807) is 0 Å². The summed E-state index contributed by atoms with van der Waals surface area (Å²) in [5, 5.41) is 0. The van der Waals surface area contributed by atoms with Crippen molar-refractivity contribution in [1.29, 1.82) is 0 Å². The molecule has 2 nitrogen and oxygen atoms in total. The van der Waals surface area contributed by atoms with Gasteiger partial charge < -0.3 is 5.73 Å². The summed E-state index contributed by atoms with van der Waals surface area (Å²) in [5.74, 6) is 0. The quantitative estimate of drug-likeness (QED) is 0.803. The van der Waals surface area contributed by atoms with Gasteiger partial charge in [0, 0.05) is 17.6 Å². The van der Waals surface area contributed by atoms with Crippen molar-refractivity contribution >= 4 is 0 Å². The van der Waals surface area contributed by atoms with Crippen LogP contribution in [-0.4, -0.2) is 23.0 Å². The van der Waals surface area contributed by atoms with E-state index in [1.807, 2.05) is 0 Å². The number of likely N-dealkylation sites (tertiary alicyclic amines) is 1.